The van der Waals surface area contributed by atoms with Crippen LogP contribution in [0.15, 0.2) is 24.3 Å². The minimum Gasteiger partial charge on any atom is -0.487 e. The molecule has 0 saturated heterocycles. The average Bonchev–Trinajstić information content (AvgIpc) is 2.37. The zero-order valence-electron chi connectivity index (χ0n) is 13.1. The van der Waals surface area contributed by atoms with E-state index < -0.39 is 0 Å². The van der Waals surface area contributed by atoms with Crippen LogP contribution in [0.1, 0.15) is 52.1 Å². The van der Waals surface area contributed by atoms with E-state index in [2.05, 4.69) is 57.3 Å². The average molecular weight is 293 g/mol. The van der Waals surface area contributed by atoms with Crippen molar-refractivity contribution < 1.29 is 4.74 Å². The summed E-state index contributed by atoms with van der Waals surface area (Å²) < 4.78 is 6.09. The lowest BCUT2D eigenvalue weighted by molar-refractivity contribution is 0.0640. The molecule has 2 nitrogen and oxygen atoms in total. The first-order valence-corrected chi connectivity index (χ1v) is 8.79. The Hall–Kier alpha value is -0.670. The molecule has 0 aromatic heterocycles. The van der Waals surface area contributed by atoms with E-state index in [1.54, 1.807) is 0 Å². The lowest BCUT2D eigenvalue weighted by Gasteiger charge is -2.39. The zero-order chi connectivity index (χ0) is 14.6. The molecule has 1 aliphatic heterocycles. The highest BCUT2D eigenvalue weighted by Gasteiger charge is 2.33. The first-order valence-electron chi connectivity index (χ1n) is 7.63. The van der Waals surface area contributed by atoms with E-state index in [1.165, 1.54) is 23.5 Å². The van der Waals surface area contributed by atoms with Gasteiger partial charge in [-0.05, 0) is 44.8 Å². The van der Waals surface area contributed by atoms with Crippen molar-refractivity contribution >= 4 is 11.8 Å². The number of hydrogen-bond acceptors (Lipinski definition) is 3. The zero-order valence-corrected chi connectivity index (χ0v) is 13.9. The second-order valence-corrected chi connectivity index (χ2v) is 7.60. The van der Waals surface area contributed by atoms with Crippen LogP contribution in [-0.4, -0.2) is 23.1 Å². The fourth-order valence-corrected chi connectivity index (χ4v) is 3.59. The summed E-state index contributed by atoms with van der Waals surface area (Å²) >= 11 is 2.02. The Balaban J connectivity index is 2.03. The largest absolute Gasteiger partial charge is 0.487 e. The van der Waals surface area contributed by atoms with E-state index in [0.717, 1.165) is 12.2 Å². The van der Waals surface area contributed by atoms with Gasteiger partial charge in [0.25, 0.3) is 0 Å². The highest BCUT2D eigenvalue weighted by atomic mass is 32.2. The van der Waals surface area contributed by atoms with Crippen LogP contribution in [0.2, 0.25) is 0 Å². The van der Waals surface area contributed by atoms with Crippen LogP contribution >= 0.6 is 11.8 Å². The van der Waals surface area contributed by atoms with E-state index in [4.69, 9.17) is 4.74 Å². The van der Waals surface area contributed by atoms with Crippen LogP contribution in [0.5, 0.6) is 5.75 Å². The van der Waals surface area contributed by atoms with Crippen molar-refractivity contribution in [2.45, 2.75) is 58.2 Å². The highest BCUT2D eigenvalue weighted by molar-refractivity contribution is 7.99. The van der Waals surface area contributed by atoms with Crippen LogP contribution < -0.4 is 10.1 Å². The lowest BCUT2D eigenvalue weighted by Crippen LogP contribution is -2.42. The van der Waals surface area contributed by atoms with E-state index >= 15 is 0 Å². The fourth-order valence-electron chi connectivity index (χ4n) is 2.78. The van der Waals surface area contributed by atoms with Gasteiger partial charge in [-0.15, -0.1) is 0 Å². The van der Waals surface area contributed by atoms with Gasteiger partial charge in [-0.2, -0.15) is 11.8 Å². The molecule has 2 rings (SSSR count). The summed E-state index contributed by atoms with van der Waals surface area (Å²) in [5.41, 5.74) is 1.21. The summed E-state index contributed by atoms with van der Waals surface area (Å²) in [6, 6.07) is 9.38. The molecule has 1 N–H and O–H groups in total. The van der Waals surface area contributed by atoms with Crippen molar-refractivity contribution in [3.63, 3.8) is 0 Å². The summed E-state index contributed by atoms with van der Waals surface area (Å²) in [7, 11) is 0. The molecule has 0 saturated carbocycles. The van der Waals surface area contributed by atoms with E-state index in [-0.39, 0.29) is 5.60 Å². The quantitative estimate of drug-likeness (QED) is 0.785. The van der Waals surface area contributed by atoms with Crippen molar-refractivity contribution in [1.82, 2.24) is 5.32 Å². The minimum absolute atomic E-state index is 0.0933. The van der Waals surface area contributed by atoms with Crippen LogP contribution in [0.25, 0.3) is 0 Å². The van der Waals surface area contributed by atoms with Crippen molar-refractivity contribution in [1.29, 1.82) is 0 Å². The third-order valence-electron chi connectivity index (χ3n) is 3.76. The molecule has 1 aromatic rings. The number of hydrogen-bond donors (Lipinski definition) is 1. The Kier molecular flexibility index (Phi) is 5.39. The third-order valence-corrected chi connectivity index (χ3v) is 4.69. The molecule has 0 radical (unpaired) electrons. The molecule has 0 bridgehead atoms. The summed E-state index contributed by atoms with van der Waals surface area (Å²) in [4.78, 5) is 0. The fraction of sp³-hybridized carbons (Fsp3) is 0.647. The molecule has 0 fully saturated rings. The standard InChI is InChI=1S/C17H27NOS/c1-5-20-11-10-13(2)18-15-12-17(3,4)19-16-9-7-6-8-14(15)16/h6-9,13,15,18H,5,10-12H2,1-4H3. The smallest absolute Gasteiger partial charge is 0.124 e. The van der Waals surface area contributed by atoms with Gasteiger partial charge in [0.15, 0.2) is 0 Å². The second kappa shape index (κ2) is 6.86. The van der Waals surface area contributed by atoms with Crippen LogP contribution in [-0.2, 0) is 0 Å². The maximum Gasteiger partial charge on any atom is 0.124 e. The van der Waals surface area contributed by atoms with Crippen LogP contribution in [0.4, 0.5) is 0 Å². The van der Waals surface area contributed by atoms with Gasteiger partial charge in [0, 0.05) is 24.1 Å². The molecule has 20 heavy (non-hydrogen) atoms. The SMILES string of the molecule is CCSCCC(C)NC1CC(C)(C)Oc2ccccc21. The summed E-state index contributed by atoms with van der Waals surface area (Å²) in [6.07, 6.45) is 2.24. The van der Waals surface area contributed by atoms with Gasteiger partial charge in [0.05, 0.1) is 0 Å². The van der Waals surface area contributed by atoms with Gasteiger partial charge in [0.1, 0.15) is 11.4 Å². The highest BCUT2D eigenvalue weighted by Crippen LogP contribution is 2.39. The normalized spacial score (nSPS) is 21.9. The molecule has 112 valence electrons. The monoisotopic (exact) mass is 293 g/mol. The predicted molar refractivity (Wildman–Crippen MR) is 88.7 cm³/mol. The predicted octanol–water partition coefficient (Wildman–Crippen LogP) is 4.41. The number of ether oxygens (including phenoxy) is 1. The van der Waals surface area contributed by atoms with Crippen molar-refractivity contribution in [3.05, 3.63) is 29.8 Å². The van der Waals surface area contributed by atoms with Crippen molar-refractivity contribution in [2.75, 3.05) is 11.5 Å². The van der Waals surface area contributed by atoms with Crippen molar-refractivity contribution in [3.8, 4) is 5.75 Å². The van der Waals surface area contributed by atoms with Gasteiger partial charge in [0.2, 0.25) is 0 Å². The summed E-state index contributed by atoms with van der Waals surface area (Å²) in [6.45, 7) is 8.87. The topological polar surface area (TPSA) is 21.3 Å². The lowest BCUT2D eigenvalue weighted by atomic mass is 9.89. The Morgan fingerprint density at radius 1 is 1.40 bits per heavy atom. The van der Waals surface area contributed by atoms with Crippen LogP contribution in [0.3, 0.4) is 0 Å². The number of nitrogens with one attached hydrogen (secondary N) is 1. The number of fused-ring (bicyclic) bond motifs is 1. The van der Waals surface area contributed by atoms with E-state index in [1.807, 2.05) is 11.8 Å². The molecule has 1 aromatic carbocycles. The molecule has 3 heteroatoms. The molecular weight excluding hydrogens is 266 g/mol. The van der Waals surface area contributed by atoms with Crippen LogP contribution in [0, 0.1) is 0 Å². The van der Waals surface area contributed by atoms with Crippen molar-refractivity contribution in [2.24, 2.45) is 0 Å². The maximum absolute atomic E-state index is 6.09. The molecule has 0 spiro atoms. The summed E-state index contributed by atoms with van der Waals surface area (Å²) in [5.74, 6) is 3.48. The first kappa shape index (κ1) is 15.7. The third kappa shape index (κ3) is 4.16. The van der Waals surface area contributed by atoms with Gasteiger partial charge in [-0.25, -0.2) is 0 Å². The minimum atomic E-state index is -0.0933. The molecule has 0 amide bonds. The van der Waals surface area contributed by atoms with Gasteiger partial charge in [-0.1, -0.05) is 25.1 Å². The number of benzene rings is 1. The molecule has 0 aliphatic carbocycles. The van der Waals surface area contributed by atoms with Gasteiger partial charge >= 0.3 is 0 Å². The Labute approximate surface area is 127 Å². The Morgan fingerprint density at radius 2 is 2.15 bits per heavy atom. The molecule has 1 aliphatic rings. The molecule has 1 heterocycles. The molecule has 2 unspecified atom stereocenters. The van der Waals surface area contributed by atoms with Gasteiger partial charge < -0.3 is 10.1 Å². The number of thioether (sulfide) groups is 1. The number of rotatable bonds is 6. The van der Waals surface area contributed by atoms with Gasteiger partial charge in [-0.3, -0.25) is 0 Å². The summed E-state index contributed by atoms with van der Waals surface area (Å²) in [5, 5.41) is 3.80. The van der Waals surface area contributed by atoms with E-state index in [0.29, 0.717) is 12.1 Å². The Bertz CT molecular complexity index is 433. The first-order chi connectivity index (χ1) is 9.52. The Morgan fingerprint density at radius 3 is 2.90 bits per heavy atom. The second-order valence-electron chi connectivity index (χ2n) is 6.21. The maximum atomic E-state index is 6.09. The number of para-hydroxylation sites is 1. The molecule has 2 atom stereocenters. The van der Waals surface area contributed by atoms with E-state index in [9.17, 15) is 0 Å². The molecular formula is C17H27NOS.